The van der Waals surface area contributed by atoms with E-state index in [9.17, 15) is 4.79 Å². The van der Waals surface area contributed by atoms with Crippen LogP contribution in [-0.4, -0.2) is 56.7 Å². The van der Waals surface area contributed by atoms with Crippen molar-refractivity contribution in [2.24, 2.45) is 0 Å². The van der Waals surface area contributed by atoms with Gasteiger partial charge in [-0.15, -0.1) is 11.3 Å². The number of fused-ring (bicyclic) bond motifs is 1. The molecular formula is C21H20N6OS. The van der Waals surface area contributed by atoms with E-state index in [2.05, 4.69) is 38.2 Å². The normalized spacial score (nSPS) is 14.5. The van der Waals surface area contributed by atoms with Crippen LogP contribution in [0.15, 0.2) is 60.5 Å². The van der Waals surface area contributed by atoms with E-state index in [-0.39, 0.29) is 5.91 Å². The van der Waals surface area contributed by atoms with Crippen molar-refractivity contribution in [3.63, 3.8) is 0 Å². The molecule has 0 saturated carbocycles. The summed E-state index contributed by atoms with van der Waals surface area (Å²) in [7, 11) is 0. The highest BCUT2D eigenvalue weighted by atomic mass is 32.1. The van der Waals surface area contributed by atoms with Gasteiger partial charge in [0.25, 0.3) is 5.91 Å². The first kappa shape index (κ1) is 17.8. The van der Waals surface area contributed by atoms with Gasteiger partial charge in [0.1, 0.15) is 17.0 Å². The Morgan fingerprint density at radius 2 is 1.86 bits per heavy atom. The monoisotopic (exact) mass is 404 g/mol. The third kappa shape index (κ3) is 3.58. The van der Waals surface area contributed by atoms with Gasteiger partial charge in [0, 0.05) is 32.4 Å². The molecule has 29 heavy (non-hydrogen) atoms. The number of nitrogens with zero attached hydrogens (tertiary/aromatic N) is 6. The summed E-state index contributed by atoms with van der Waals surface area (Å²) in [6, 6.07) is 12.2. The van der Waals surface area contributed by atoms with Crippen LogP contribution in [0, 0.1) is 0 Å². The second-order valence-electron chi connectivity index (χ2n) is 7.03. The fourth-order valence-corrected chi connectivity index (χ4v) is 4.39. The minimum Gasteiger partial charge on any atom is -0.352 e. The SMILES string of the molecule is O=C(c1cnn(Cc2ccccc2)c1)N1CCN(c2ncnc3sccc23)CC1. The summed E-state index contributed by atoms with van der Waals surface area (Å²) in [4.78, 5) is 26.8. The van der Waals surface area contributed by atoms with E-state index in [1.54, 1.807) is 23.9 Å². The summed E-state index contributed by atoms with van der Waals surface area (Å²) in [6.45, 7) is 3.50. The molecule has 3 aromatic heterocycles. The molecule has 0 unspecified atom stereocenters. The van der Waals surface area contributed by atoms with Crippen molar-refractivity contribution >= 4 is 33.3 Å². The van der Waals surface area contributed by atoms with Crippen LogP contribution in [0.1, 0.15) is 15.9 Å². The Bertz CT molecular complexity index is 1130. The van der Waals surface area contributed by atoms with Crippen molar-refractivity contribution in [3.05, 3.63) is 71.6 Å². The quantitative estimate of drug-likeness (QED) is 0.523. The maximum absolute atomic E-state index is 12.9. The van der Waals surface area contributed by atoms with Crippen molar-refractivity contribution in [1.29, 1.82) is 0 Å². The number of hydrogen-bond donors (Lipinski definition) is 0. The topological polar surface area (TPSA) is 67.2 Å². The lowest BCUT2D eigenvalue weighted by Gasteiger charge is -2.35. The number of carbonyl (C=O) groups is 1. The van der Waals surface area contributed by atoms with Gasteiger partial charge in [0.15, 0.2) is 0 Å². The maximum Gasteiger partial charge on any atom is 0.257 e. The standard InChI is InChI=1S/C21H20N6OS/c28-21(17-12-24-27(14-17)13-16-4-2-1-3-5-16)26-9-7-25(8-10-26)19-18-6-11-29-20(18)23-15-22-19/h1-6,11-12,14-15H,7-10,13H2. The third-order valence-electron chi connectivity index (χ3n) is 5.17. The van der Waals surface area contributed by atoms with Gasteiger partial charge in [0.2, 0.25) is 0 Å². The Labute approximate surface area is 172 Å². The molecule has 4 heterocycles. The summed E-state index contributed by atoms with van der Waals surface area (Å²) in [5, 5.41) is 7.48. The molecule has 7 nitrogen and oxygen atoms in total. The van der Waals surface area contributed by atoms with Crippen molar-refractivity contribution in [3.8, 4) is 0 Å². The van der Waals surface area contributed by atoms with Gasteiger partial charge in [-0.2, -0.15) is 5.10 Å². The zero-order valence-electron chi connectivity index (χ0n) is 15.8. The highest BCUT2D eigenvalue weighted by molar-refractivity contribution is 7.16. The summed E-state index contributed by atoms with van der Waals surface area (Å²) < 4.78 is 1.81. The van der Waals surface area contributed by atoms with Crippen LogP contribution in [0.3, 0.4) is 0 Å². The van der Waals surface area contributed by atoms with Crippen molar-refractivity contribution in [2.45, 2.75) is 6.54 Å². The first-order chi connectivity index (χ1) is 14.3. The van der Waals surface area contributed by atoms with Crippen LogP contribution in [0.2, 0.25) is 0 Å². The van der Waals surface area contributed by atoms with Crippen LogP contribution in [0.4, 0.5) is 5.82 Å². The van der Waals surface area contributed by atoms with Crippen molar-refractivity contribution in [2.75, 3.05) is 31.1 Å². The molecule has 1 aromatic carbocycles. The summed E-state index contributed by atoms with van der Waals surface area (Å²) in [5.74, 6) is 0.992. The van der Waals surface area contributed by atoms with Gasteiger partial charge in [-0.05, 0) is 17.0 Å². The van der Waals surface area contributed by atoms with Gasteiger partial charge in [-0.25, -0.2) is 9.97 Å². The fraction of sp³-hybridized carbons (Fsp3) is 0.238. The Morgan fingerprint density at radius 1 is 1.03 bits per heavy atom. The molecule has 0 spiro atoms. The molecule has 1 aliphatic heterocycles. The smallest absolute Gasteiger partial charge is 0.257 e. The number of thiophene rings is 1. The highest BCUT2D eigenvalue weighted by Crippen LogP contribution is 2.27. The van der Waals surface area contributed by atoms with Crippen molar-refractivity contribution in [1.82, 2.24) is 24.6 Å². The second-order valence-corrected chi connectivity index (χ2v) is 7.92. The van der Waals surface area contributed by atoms with Gasteiger partial charge >= 0.3 is 0 Å². The number of piperazine rings is 1. The van der Waals surface area contributed by atoms with E-state index >= 15 is 0 Å². The minimum absolute atomic E-state index is 0.0346. The molecule has 0 N–H and O–H groups in total. The number of anilines is 1. The molecule has 1 amide bonds. The zero-order valence-corrected chi connectivity index (χ0v) is 16.6. The molecule has 8 heteroatoms. The molecule has 1 aliphatic rings. The summed E-state index contributed by atoms with van der Waals surface area (Å²) >= 11 is 1.62. The summed E-state index contributed by atoms with van der Waals surface area (Å²) in [6.07, 6.45) is 5.12. The Morgan fingerprint density at radius 3 is 2.69 bits per heavy atom. The Hall–Kier alpha value is -3.26. The molecular weight excluding hydrogens is 384 g/mol. The third-order valence-corrected chi connectivity index (χ3v) is 6.00. The predicted octanol–water partition coefficient (Wildman–Crippen LogP) is 2.90. The fourth-order valence-electron chi connectivity index (χ4n) is 3.66. The molecule has 1 saturated heterocycles. The zero-order chi connectivity index (χ0) is 19.6. The number of aromatic nitrogens is 4. The summed E-state index contributed by atoms with van der Waals surface area (Å²) in [5.41, 5.74) is 1.80. The first-order valence-corrected chi connectivity index (χ1v) is 10.4. The molecule has 0 radical (unpaired) electrons. The molecule has 0 aliphatic carbocycles. The minimum atomic E-state index is 0.0346. The Kier molecular flexibility index (Phi) is 4.69. The number of amides is 1. The van der Waals surface area contributed by atoms with Crippen LogP contribution in [0.25, 0.3) is 10.2 Å². The average Bonchev–Trinajstić information content (AvgIpc) is 3.43. The van der Waals surface area contributed by atoms with Gasteiger partial charge in [-0.1, -0.05) is 30.3 Å². The van der Waals surface area contributed by atoms with E-state index in [0.717, 1.165) is 34.7 Å². The van der Waals surface area contributed by atoms with E-state index < -0.39 is 0 Å². The van der Waals surface area contributed by atoms with E-state index in [1.165, 1.54) is 0 Å². The maximum atomic E-state index is 12.9. The van der Waals surface area contributed by atoms with Gasteiger partial charge < -0.3 is 9.80 Å². The number of hydrogen-bond acceptors (Lipinski definition) is 6. The van der Waals surface area contributed by atoms with Gasteiger partial charge in [0.05, 0.1) is 23.7 Å². The number of carbonyl (C=O) groups excluding carboxylic acids is 1. The number of rotatable bonds is 4. The lowest BCUT2D eigenvalue weighted by atomic mass is 10.2. The lowest BCUT2D eigenvalue weighted by Crippen LogP contribution is -2.49. The highest BCUT2D eigenvalue weighted by Gasteiger charge is 2.25. The van der Waals surface area contributed by atoms with E-state index in [0.29, 0.717) is 25.2 Å². The number of benzene rings is 1. The molecule has 146 valence electrons. The molecule has 5 rings (SSSR count). The molecule has 0 atom stereocenters. The average molecular weight is 404 g/mol. The van der Waals surface area contributed by atoms with Crippen LogP contribution in [-0.2, 0) is 6.54 Å². The Balaban J connectivity index is 1.24. The van der Waals surface area contributed by atoms with E-state index in [4.69, 9.17) is 0 Å². The van der Waals surface area contributed by atoms with E-state index in [1.807, 2.05) is 39.4 Å². The van der Waals surface area contributed by atoms with Crippen LogP contribution in [0.5, 0.6) is 0 Å². The first-order valence-electron chi connectivity index (χ1n) is 9.57. The van der Waals surface area contributed by atoms with Crippen LogP contribution >= 0.6 is 11.3 Å². The molecule has 0 bridgehead atoms. The van der Waals surface area contributed by atoms with Gasteiger partial charge in [-0.3, -0.25) is 9.48 Å². The largest absolute Gasteiger partial charge is 0.352 e. The molecule has 1 fully saturated rings. The second kappa shape index (κ2) is 7.63. The van der Waals surface area contributed by atoms with Crippen molar-refractivity contribution < 1.29 is 4.79 Å². The molecule has 4 aromatic rings. The lowest BCUT2D eigenvalue weighted by molar-refractivity contribution is 0.0746. The predicted molar refractivity (Wildman–Crippen MR) is 113 cm³/mol. The van der Waals surface area contributed by atoms with Crippen LogP contribution < -0.4 is 4.90 Å².